The van der Waals surface area contributed by atoms with Gasteiger partial charge in [0, 0.05) is 12.1 Å². The Morgan fingerprint density at radius 2 is 2.00 bits per heavy atom. The molecule has 0 aromatic heterocycles. The van der Waals surface area contributed by atoms with E-state index >= 15 is 0 Å². The van der Waals surface area contributed by atoms with Crippen molar-refractivity contribution < 1.29 is 14.3 Å². The third-order valence-electron chi connectivity index (χ3n) is 2.49. The second-order valence-corrected chi connectivity index (χ2v) is 5.55. The summed E-state index contributed by atoms with van der Waals surface area (Å²) in [7, 11) is 0. The summed E-state index contributed by atoms with van der Waals surface area (Å²) < 4.78 is 5.20. The van der Waals surface area contributed by atoms with E-state index in [9.17, 15) is 9.59 Å². The molecule has 0 aromatic rings. The van der Waals surface area contributed by atoms with Crippen LogP contribution in [0.25, 0.3) is 0 Å². The molecule has 2 amide bonds. The molecule has 7 heteroatoms. The van der Waals surface area contributed by atoms with Crippen molar-refractivity contribution in [1.82, 2.24) is 16.0 Å². The van der Waals surface area contributed by atoms with Crippen molar-refractivity contribution in [2.45, 2.75) is 45.3 Å². The number of hydrogen-bond acceptors (Lipinski definition) is 4. The quantitative estimate of drug-likeness (QED) is 0.674. The van der Waals surface area contributed by atoms with Crippen LogP contribution in [0.3, 0.4) is 0 Å². The van der Waals surface area contributed by atoms with Crippen molar-refractivity contribution in [3.05, 3.63) is 0 Å². The van der Waals surface area contributed by atoms with Gasteiger partial charge in [-0.25, -0.2) is 0 Å². The molecule has 0 aliphatic carbocycles. The number of morpholine rings is 1. The first-order valence-electron chi connectivity index (χ1n) is 6.23. The number of ether oxygens (including phenoxy) is 1. The summed E-state index contributed by atoms with van der Waals surface area (Å²) in [5.41, 5.74) is -0.303. The van der Waals surface area contributed by atoms with Crippen molar-refractivity contribution in [1.29, 1.82) is 0 Å². The number of carbonyl (C=O) groups is 2. The molecule has 1 saturated heterocycles. The second kappa shape index (κ2) is 7.67. The standard InChI is InChI=1S/C12H23N3O3.ClH/c1-8(10(16)15-12(2,3)4)14-11(17)9-7-18-6-5-13-9;/h8-9,13H,5-7H2,1-4H3,(H,14,17)(H,15,16);1H. The van der Waals surface area contributed by atoms with E-state index in [2.05, 4.69) is 16.0 Å². The molecule has 0 bridgehead atoms. The minimum Gasteiger partial charge on any atom is -0.378 e. The van der Waals surface area contributed by atoms with Crippen molar-refractivity contribution in [3.8, 4) is 0 Å². The van der Waals surface area contributed by atoms with Crippen molar-refractivity contribution in [2.24, 2.45) is 0 Å². The maximum atomic E-state index is 11.8. The maximum absolute atomic E-state index is 11.8. The Morgan fingerprint density at radius 3 is 2.47 bits per heavy atom. The highest BCUT2D eigenvalue weighted by atomic mass is 35.5. The largest absolute Gasteiger partial charge is 0.378 e. The molecule has 1 aliphatic rings. The molecule has 3 N–H and O–H groups in total. The van der Waals surface area contributed by atoms with Gasteiger partial charge in [0.1, 0.15) is 12.1 Å². The topological polar surface area (TPSA) is 79.5 Å². The average molecular weight is 294 g/mol. The van der Waals surface area contributed by atoms with Crippen LogP contribution in [0.1, 0.15) is 27.7 Å². The first-order chi connectivity index (χ1) is 8.29. The molecule has 2 unspecified atom stereocenters. The number of amides is 2. The van der Waals surface area contributed by atoms with Crippen LogP contribution in [0.4, 0.5) is 0 Å². The Hall–Kier alpha value is -0.850. The van der Waals surface area contributed by atoms with E-state index in [-0.39, 0.29) is 35.8 Å². The molecule has 1 rings (SSSR count). The van der Waals surface area contributed by atoms with Gasteiger partial charge in [-0.1, -0.05) is 0 Å². The van der Waals surface area contributed by atoms with Crippen LogP contribution in [-0.2, 0) is 14.3 Å². The molecule has 1 aliphatic heterocycles. The zero-order chi connectivity index (χ0) is 13.8. The second-order valence-electron chi connectivity index (χ2n) is 5.55. The summed E-state index contributed by atoms with van der Waals surface area (Å²) in [6.45, 7) is 8.98. The zero-order valence-electron chi connectivity index (χ0n) is 11.9. The number of carbonyl (C=O) groups excluding carboxylic acids is 2. The molecule has 0 aromatic carbocycles. The molecule has 1 heterocycles. The zero-order valence-corrected chi connectivity index (χ0v) is 12.7. The van der Waals surface area contributed by atoms with Crippen LogP contribution < -0.4 is 16.0 Å². The number of rotatable bonds is 3. The lowest BCUT2D eigenvalue weighted by Gasteiger charge is -2.26. The van der Waals surface area contributed by atoms with E-state index in [1.807, 2.05) is 20.8 Å². The first-order valence-corrected chi connectivity index (χ1v) is 6.23. The molecular formula is C12H24ClN3O3. The molecule has 112 valence electrons. The van der Waals surface area contributed by atoms with Crippen LogP contribution in [-0.4, -0.2) is 49.2 Å². The SMILES string of the molecule is CC(NC(=O)C1COCCN1)C(=O)NC(C)(C)C.Cl. The molecule has 0 spiro atoms. The third-order valence-corrected chi connectivity index (χ3v) is 2.49. The van der Waals surface area contributed by atoms with E-state index < -0.39 is 6.04 Å². The van der Waals surface area contributed by atoms with Crippen molar-refractivity contribution in [3.63, 3.8) is 0 Å². The minimum atomic E-state index is -0.555. The maximum Gasteiger partial charge on any atom is 0.242 e. The monoisotopic (exact) mass is 293 g/mol. The highest BCUT2D eigenvalue weighted by Gasteiger charge is 2.25. The van der Waals surface area contributed by atoms with Gasteiger partial charge in [0.05, 0.1) is 13.2 Å². The fraction of sp³-hybridized carbons (Fsp3) is 0.833. The summed E-state index contributed by atoms with van der Waals surface area (Å²) in [5, 5.41) is 8.54. The van der Waals surface area contributed by atoms with E-state index in [4.69, 9.17) is 4.74 Å². The third kappa shape index (κ3) is 6.75. The van der Waals surface area contributed by atoms with Gasteiger partial charge in [0.15, 0.2) is 0 Å². The normalized spacial score (nSPS) is 20.9. The van der Waals surface area contributed by atoms with Gasteiger partial charge < -0.3 is 20.7 Å². The summed E-state index contributed by atoms with van der Waals surface area (Å²) in [4.78, 5) is 23.6. The molecule has 0 saturated carbocycles. The number of halogens is 1. The minimum absolute atomic E-state index is 0. The Morgan fingerprint density at radius 1 is 1.37 bits per heavy atom. The smallest absolute Gasteiger partial charge is 0.242 e. The summed E-state index contributed by atoms with van der Waals surface area (Å²) >= 11 is 0. The van der Waals surface area contributed by atoms with Gasteiger partial charge in [-0.2, -0.15) is 0 Å². The lowest BCUT2D eigenvalue weighted by molar-refractivity contribution is -0.132. The van der Waals surface area contributed by atoms with Crippen LogP contribution in [0.2, 0.25) is 0 Å². The van der Waals surface area contributed by atoms with Crippen molar-refractivity contribution in [2.75, 3.05) is 19.8 Å². The Bertz CT molecular complexity index is 312. The highest BCUT2D eigenvalue weighted by molar-refractivity contribution is 5.89. The van der Waals surface area contributed by atoms with Gasteiger partial charge in [-0.15, -0.1) is 12.4 Å². The lowest BCUT2D eigenvalue weighted by atomic mass is 10.1. The Kier molecular flexibility index (Phi) is 7.33. The predicted molar refractivity (Wildman–Crippen MR) is 75.4 cm³/mol. The van der Waals surface area contributed by atoms with Crippen LogP contribution in [0.15, 0.2) is 0 Å². The first kappa shape index (κ1) is 18.1. The number of hydrogen-bond donors (Lipinski definition) is 3. The lowest BCUT2D eigenvalue weighted by Crippen LogP contribution is -2.56. The summed E-state index contributed by atoms with van der Waals surface area (Å²) in [6, 6.07) is -0.927. The van der Waals surface area contributed by atoms with E-state index in [1.165, 1.54) is 0 Å². The molecule has 6 nitrogen and oxygen atoms in total. The molecule has 19 heavy (non-hydrogen) atoms. The van der Waals surface area contributed by atoms with Gasteiger partial charge in [-0.3, -0.25) is 9.59 Å². The van der Waals surface area contributed by atoms with Gasteiger partial charge >= 0.3 is 0 Å². The molecule has 2 atom stereocenters. The van der Waals surface area contributed by atoms with Gasteiger partial charge in [0.2, 0.25) is 11.8 Å². The molecule has 0 radical (unpaired) electrons. The van der Waals surface area contributed by atoms with E-state index in [0.29, 0.717) is 19.8 Å². The summed E-state index contributed by atoms with van der Waals surface area (Å²) in [5.74, 6) is -0.390. The fourth-order valence-corrected chi connectivity index (χ4v) is 1.59. The summed E-state index contributed by atoms with van der Waals surface area (Å²) in [6.07, 6.45) is 0. The number of nitrogens with one attached hydrogen (secondary N) is 3. The van der Waals surface area contributed by atoms with Crippen LogP contribution >= 0.6 is 12.4 Å². The van der Waals surface area contributed by atoms with Crippen molar-refractivity contribution >= 4 is 24.2 Å². The van der Waals surface area contributed by atoms with Gasteiger partial charge in [0.25, 0.3) is 0 Å². The Labute approximate surface area is 120 Å². The van der Waals surface area contributed by atoms with E-state index in [1.54, 1.807) is 6.92 Å². The van der Waals surface area contributed by atoms with E-state index in [0.717, 1.165) is 0 Å². The highest BCUT2D eigenvalue weighted by Crippen LogP contribution is 2.00. The van der Waals surface area contributed by atoms with Crippen LogP contribution in [0, 0.1) is 0 Å². The fourth-order valence-electron chi connectivity index (χ4n) is 1.59. The Balaban J connectivity index is 0.00000324. The van der Waals surface area contributed by atoms with Gasteiger partial charge in [-0.05, 0) is 27.7 Å². The predicted octanol–water partition coefficient (Wildman–Crippen LogP) is -0.184. The van der Waals surface area contributed by atoms with Crippen LogP contribution in [0.5, 0.6) is 0 Å². The average Bonchev–Trinajstić information content (AvgIpc) is 2.27. The molecule has 1 fully saturated rings. The molecular weight excluding hydrogens is 270 g/mol.